The highest BCUT2D eigenvalue weighted by Gasteiger charge is 2.16. The molecule has 0 saturated carbocycles. The van der Waals surface area contributed by atoms with E-state index in [9.17, 15) is 4.39 Å². The lowest BCUT2D eigenvalue weighted by atomic mass is 9.99. The van der Waals surface area contributed by atoms with Crippen LogP contribution in [0.25, 0.3) is 0 Å². The highest BCUT2D eigenvalue weighted by molar-refractivity contribution is 9.10. The molecule has 0 fully saturated rings. The lowest BCUT2D eigenvalue weighted by Crippen LogP contribution is -2.17. The van der Waals surface area contributed by atoms with Gasteiger partial charge in [-0.15, -0.1) is 11.3 Å². The Morgan fingerprint density at radius 2 is 2.10 bits per heavy atom. The van der Waals surface area contributed by atoms with Gasteiger partial charge < -0.3 is 5.32 Å². The first-order chi connectivity index (χ1) is 10.1. The van der Waals surface area contributed by atoms with Crippen LogP contribution in [0.3, 0.4) is 0 Å². The largest absolute Gasteiger partial charge is 0.305 e. The fourth-order valence-corrected chi connectivity index (χ4v) is 4.44. The number of aryl methyl sites for hydroxylation is 2. The predicted octanol–water partition coefficient (Wildman–Crippen LogP) is 5.38. The number of benzene rings is 1. The zero-order chi connectivity index (χ0) is 14.8. The Balaban J connectivity index is 1.67. The topological polar surface area (TPSA) is 12.0 Å². The van der Waals surface area contributed by atoms with Gasteiger partial charge in [0.1, 0.15) is 5.82 Å². The zero-order valence-electron chi connectivity index (χ0n) is 12.1. The summed E-state index contributed by atoms with van der Waals surface area (Å²) in [5.41, 5.74) is 2.50. The summed E-state index contributed by atoms with van der Waals surface area (Å²) in [7, 11) is 0. The van der Waals surface area contributed by atoms with E-state index in [4.69, 9.17) is 0 Å². The fourth-order valence-electron chi connectivity index (χ4n) is 2.77. The Hall–Kier alpha value is -0.710. The molecular weight excluding hydrogens is 349 g/mol. The van der Waals surface area contributed by atoms with Crippen LogP contribution < -0.4 is 5.32 Å². The van der Waals surface area contributed by atoms with Gasteiger partial charge in [-0.3, -0.25) is 0 Å². The van der Waals surface area contributed by atoms with Gasteiger partial charge in [0.15, 0.2) is 0 Å². The van der Waals surface area contributed by atoms with Crippen molar-refractivity contribution in [2.45, 2.75) is 45.2 Å². The molecule has 0 amide bonds. The molecule has 21 heavy (non-hydrogen) atoms. The molecule has 0 spiro atoms. The second-order valence-electron chi connectivity index (χ2n) is 5.64. The summed E-state index contributed by atoms with van der Waals surface area (Å²) >= 11 is 5.42. The molecule has 2 aromatic rings. The quantitative estimate of drug-likeness (QED) is 0.764. The van der Waals surface area contributed by atoms with Gasteiger partial charge in [-0.25, -0.2) is 4.39 Å². The van der Waals surface area contributed by atoms with E-state index in [0.717, 1.165) is 10.0 Å². The second-order valence-corrected chi connectivity index (χ2v) is 7.67. The minimum atomic E-state index is -0.186. The van der Waals surface area contributed by atoms with Crippen LogP contribution in [0, 0.1) is 5.82 Å². The third-order valence-corrected chi connectivity index (χ3v) is 6.24. The Bertz CT molecular complexity index is 614. The molecule has 1 nitrogen and oxygen atoms in total. The molecule has 1 atom stereocenters. The minimum Gasteiger partial charge on any atom is -0.305 e. The van der Waals surface area contributed by atoms with Crippen LogP contribution in [0.2, 0.25) is 0 Å². The van der Waals surface area contributed by atoms with E-state index in [-0.39, 0.29) is 5.82 Å². The molecular formula is C17H19BrFNS. The van der Waals surface area contributed by atoms with Crippen molar-refractivity contribution in [1.29, 1.82) is 0 Å². The van der Waals surface area contributed by atoms with Crippen LogP contribution in [0.5, 0.6) is 0 Å². The van der Waals surface area contributed by atoms with Crippen molar-refractivity contribution < 1.29 is 4.39 Å². The molecule has 1 heterocycles. The maximum Gasteiger partial charge on any atom is 0.123 e. The van der Waals surface area contributed by atoms with Crippen molar-refractivity contribution in [3.8, 4) is 0 Å². The molecule has 1 unspecified atom stereocenters. The van der Waals surface area contributed by atoms with Crippen molar-refractivity contribution >= 4 is 27.3 Å². The average molecular weight is 368 g/mol. The Labute approximate surface area is 137 Å². The summed E-state index contributed by atoms with van der Waals surface area (Å²) in [6, 6.07) is 7.49. The van der Waals surface area contributed by atoms with Crippen molar-refractivity contribution in [3.05, 3.63) is 55.4 Å². The molecule has 1 aromatic carbocycles. The summed E-state index contributed by atoms with van der Waals surface area (Å²) in [6.07, 6.45) is 5.11. The first-order valence-corrected chi connectivity index (χ1v) is 9.03. The van der Waals surface area contributed by atoms with Crippen LogP contribution >= 0.6 is 27.3 Å². The Kier molecular flexibility index (Phi) is 4.77. The van der Waals surface area contributed by atoms with Gasteiger partial charge in [-0.2, -0.15) is 0 Å². The first-order valence-electron chi connectivity index (χ1n) is 7.42. The third-order valence-electron chi connectivity index (χ3n) is 4.05. The molecule has 112 valence electrons. The van der Waals surface area contributed by atoms with Gasteiger partial charge >= 0.3 is 0 Å². The zero-order valence-corrected chi connectivity index (χ0v) is 14.5. The van der Waals surface area contributed by atoms with E-state index >= 15 is 0 Å². The number of nitrogens with one attached hydrogen (secondary N) is 1. The van der Waals surface area contributed by atoms with Crippen LogP contribution in [-0.4, -0.2) is 0 Å². The number of fused-ring (bicyclic) bond motifs is 1. The van der Waals surface area contributed by atoms with E-state index < -0.39 is 0 Å². The SMILES string of the molecule is CC(NCc1cc(F)ccc1Br)c1cc2c(s1)CCCC2. The number of thiophene rings is 1. The molecule has 1 aliphatic carbocycles. The third kappa shape index (κ3) is 3.55. The standard InChI is InChI=1S/C17H19BrFNS/c1-11(17-9-12-4-2-3-5-16(12)21-17)20-10-13-8-14(19)6-7-15(13)18/h6-9,11,20H,2-5,10H2,1H3. The predicted molar refractivity (Wildman–Crippen MR) is 90.3 cm³/mol. The van der Waals surface area contributed by atoms with Crippen molar-refractivity contribution in [3.63, 3.8) is 0 Å². The number of halogens is 2. The summed E-state index contributed by atoms with van der Waals surface area (Å²) < 4.78 is 14.3. The fraction of sp³-hybridized carbons (Fsp3) is 0.412. The maximum atomic E-state index is 13.3. The van der Waals surface area contributed by atoms with Crippen molar-refractivity contribution in [2.75, 3.05) is 0 Å². The second kappa shape index (κ2) is 6.59. The summed E-state index contributed by atoms with van der Waals surface area (Å²) in [5, 5.41) is 3.51. The molecule has 1 N–H and O–H groups in total. The van der Waals surface area contributed by atoms with Gasteiger partial charge in [-0.1, -0.05) is 15.9 Å². The van der Waals surface area contributed by atoms with Gasteiger partial charge in [0.05, 0.1) is 0 Å². The molecule has 0 aliphatic heterocycles. The number of hydrogen-bond acceptors (Lipinski definition) is 2. The van der Waals surface area contributed by atoms with Crippen LogP contribution in [0.15, 0.2) is 28.7 Å². The average Bonchev–Trinajstić information content (AvgIpc) is 2.92. The lowest BCUT2D eigenvalue weighted by Gasteiger charge is -2.13. The number of hydrogen-bond donors (Lipinski definition) is 1. The monoisotopic (exact) mass is 367 g/mol. The molecule has 0 saturated heterocycles. The Morgan fingerprint density at radius 3 is 2.90 bits per heavy atom. The molecule has 1 aromatic heterocycles. The smallest absolute Gasteiger partial charge is 0.123 e. The van der Waals surface area contributed by atoms with E-state index in [1.807, 2.05) is 11.3 Å². The van der Waals surface area contributed by atoms with Gasteiger partial charge in [-0.05, 0) is 68.0 Å². The number of rotatable bonds is 4. The van der Waals surface area contributed by atoms with Crippen molar-refractivity contribution in [1.82, 2.24) is 5.32 Å². The Morgan fingerprint density at radius 1 is 1.29 bits per heavy atom. The summed E-state index contributed by atoms with van der Waals surface area (Å²) in [4.78, 5) is 2.96. The van der Waals surface area contributed by atoms with E-state index in [1.165, 1.54) is 36.6 Å². The van der Waals surface area contributed by atoms with Gasteiger partial charge in [0.25, 0.3) is 0 Å². The molecule has 0 radical (unpaired) electrons. The maximum absolute atomic E-state index is 13.3. The lowest BCUT2D eigenvalue weighted by molar-refractivity contribution is 0.574. The van der Waals surface area contributed by atoms with Gasteiger partial charge in [0, 0.05) is 26.8 Å². The highest BCUT2D eigenvalue weighted by Crippen LogP contribution is 2.33. The van der Waals surface area contributed by atoms with E-state index in [2.05, 4.69) is 34.2 Å². The van der Waals surface area contributed by atoms with E-state index in [0.29, 0.717) is 12.6 Å². The van der Waals surface area contributed by atoms with Crippen LogP contribution in [-0.2, 0) is 19.4 Å². The molecule has 1 aliphatic rings. The van der Waals surface area contributed by atoms with Crippen molar-refractivity contribution in [2.24, 2.45) is 0 Å². The first kappa shape index (κ1) is 15.2. The molecule has 0 bridgehead atoms. The minimum absolute atomic E-state index is 0.186. The molecule has 4 heteroatoms. The summed E-state index contributed by atoms with van der Waals surface area (Å²) in [6.45, 7) is 2.85. The van der Waals surface area contributed by atoms with Gasteiger partial charge in [0.2, 0.25) is 0 Å². The van der Waals surface area contributed by atoms with Crippen LogP contribution in [0.1, 0.15) is 46.7 Å². The summed E-state index contributed by atoms with van der Waals surface area (Å²) in [5.74, 6) is -0.186. The normalized spacial score (nSPS) is 15.8. The molecule has 3 rings (SSSR count). The van der Waals surface area contributed by atoms with Crippen LogP contribution in [0.4, 0.5) is 4.39 Å². The van der Waals surface area contributed by atoms with E-state index in [1.54, 1.807) is 22.6 Å². The highest BCUT2D eigenvalue weighted by atomic mass is 79.9.